The van der Waals surface area contributed by atoms with Gasteiger partial charge in [0.2, 0.25) is 0 Å². The lowest BCUT2D eigenvalue weighted by atomic mass is 10.1. The van der Waals surface area contributed by atoms with Gasteiger partial charge in [0.15, 0.2) is 11.6 Å². The molecule has 2 aliphatic rings. The molecule has 1 atom stereocenters. The minimum atomic E-state index is -0.272. The van der Waals surface area contributed by atoms with E-state index in [9.17, 15) is 9.59 Å². The molecular formula is C19H22N6O2. The maximum atomic E-state index is 13.0. The molecule has 1 saturated heterocycles. The van der Waals surface area contributed by atoms with E-state index >= 15 is 0 Å². The van der Waals surface area contributed by atoms with Crippen LogP contribution in [0.15, 0.2) is 36.5 Å². The predicted molar refractivity (Wildman–Crippen MR) is 103 cm³/mol. The van der Waals surface area contributed by atoms with Crippen LogP contribution in [0.5, 0.6) is 0 Å². The molecule has 0 spiro atoms. The number of urea groups is 1. The van der Waals surface area contributed by atoms with Crippen LogP contribution in [0.25, 0.3) is 0 Å². The third-order valence-electron chi connectivity index (χ3n) is 4.82. The molecule has 0 aromatic carbocycles. The molecular weight excluding hydrogens is 344 g/mol. The Morgan fingerprint density at radius 1 is 1.26 bits per heavy atom. The maximum Gasteiger partial charge on any atom is 0.329 e. The molecule has 27 heavy (non-hydrogen) atoms. The molecule has 0 radical (unpaired) electrons. The van der Waals surface area contributed by atoms with E-state index in [1.165, 1.54) is 0 Å². The Morgan fingerprint density at radius 2 is 2.11 bits per heavy atom. The molecule has 4 rings (SSSR count). The Balaban J connectivity index is 1.67. The minimum Gasteiger partial charge on any atom is -0.366 e. The molecule has 8 heteroatoms. The summed E-state index contributed by atoms with van der Waals surface area (Å²) in [5, 5.41) is 2.84. The highest BCUT2D eigenvalue weighted by molar-refractivity contribution is 6.05. The molecule has 0 saturated carbocycles. The first kappa shape index (κ1) is 17.4. The van der Waals surface area contributed by atoms with Gasteiger partial charge in [-0.1, -0.05) is 6.07 Å². The van der Waals surface area contributed by atoms with Crippen LogP contribution in [0.2, 0.25) is 0 Å². The van der Waals surface area contributed by atoms with Crippen molar-refractivity contribution in [1.29, 1.82) is 0 Å². The van der Waals surface area contributed by atoms with Crippen LogP contribution in [-0.4, -0.2) is 66.5 Å². The number of amides is 2. The lowest BCUT2D eigenvalue weighted by Gasteiger charge is -2.35. The molecule has 2 bridgehead atoms. The van der Waals surface area contributed by atoms with Gasteiger partial charge in [-0.2, -0.15) is 0 Å². The van der Waals surface area contributed by atoms with E-state index in [1.54, 1.807) is 29.3 Å². The SMILES string of the molecule is CN(C)CC(=O)c1ccc2c(n1)N(C(=O)Nc1ccccn1)[C@H]1CCN2C1. The highest BCUT2D eigenvalue weighted by atomic mass is 16.2. The largest absolute Gasteiger partial charge is 0.366 e. The summed E-state index contributed by atoms with van der Waals surface area (Å²) in [4.78, 5) is 39.9. The second-order valence-corrected chi connectivity index (χ2v) is 7.10. The van der Waals surface area contributed by atoms with E-state index in [0.29, 0.717) is 17.3 Å². The van der Waals surface area contributed by atoms with Gasteiger partial charge in [0, 0.05) is 19.3 Å². The van der Waals surface area contributed by atoms with Crippen LogP contribution in [0.4, 0.5) is 22.1 Å². The van der Waals surface area contributed by atoms with Crippen LogP contribution in [-0.2, 0) is 0 Å². The average Bonchev–Trinajstić information content (AvgIpc) is 3.06. The fraction of sp³-hybridized carbons (Fsp3) is 0.368. The molecule has 2 aliphatic heterocycles. The molecule has 8 nitrogen and oxygen atoms in total. The van der Waals surface area contributed by atoms with Crippen molar-refractivity contribution in [2.45, 2.75) is 12.5 Å². The van der Waals surface area contributed by atoms with Gasteiger partial charge >= 0.3 is 6.03 Å². The Morgan fingerprint density at radius 3 is 2.85 bits per heavy atom. The second kappa shape index (κ2) is 6.96. The third kappa shape index (κ3) is 3.35. The van der Waals surface area contributed by atoms with Crippen LogP contribution in [0.1, 0.15) is 16.9 Å². The summed E-state index contributed by atoms with van der Waals surface area (Å²) < 4.78 is 0. The van der Waals surface area contributed by atoms with Crippen molar-refractivity contribution in [2.24, 2.45) is 0 Å². The minimum absolute atomic E-state index is 0.0351. The van der Waals surface area contributed by atoms with Crippen molar-refractivity contribution in [3.8, 4) is 0 Å². The average molecular weight is 366 g/mol. The van der Waals surface area contributed by atoms with Crippen molar-refractivity contribution in [3.05, 3.63) is 42.2 Å². The highest BCUT2D eigenvalue weighted by Gasteiger charge is 2.40. The lowest BCUT2D eigenvalue weighted by Crippen LogP contribution is -2.48. The number of fused-ring (bicyclic) bond motifs is 4. The Kier molecular flexibility index (Phi) is 4.49. The number of carbonyl (C=O) groups excluding carboxylic acids is 2. The van der Waals surface area contributed by atoms with Gasteiger partial charge in [-0.3, -0.25) is 15.0 Å². The summed E-state index contributed by atoms with van der Waals surface area (Å²) in [6.07, 6.45) is 2.50. The molecule has 1 fully saturated rings. The number of nitrogens with zero attached hydrogens (tertiary/aromatic N) is 5. The van der Waals surface area contributed by atoms with E-state index < -0.39 is 0 Å². The number of pyridine rings is 2. The summed E-state index contributed by atoms with van der Waals surface area (Å²) in [7, 11) is 3.68. The van der Waals surface area contributed by atoms with Gasteiger partial charge < -0.3 is 9.80 Å². The van der Waals surface area contributed by atoms with Gasteiger partial charge in [-0.15, -0.1) is 0 Å². The van der Waals surface area contributed by atoms with Crippen molar-refractivity contribution < 1.29 is 9.59 Å². The Labute approximate surface area is 157 Å². The normalized spacial score (nSPS) is 17.8. The van der Waals surface area contributed by atoms with E-state index in [-0.39, 0.29) is 24.4 Å². The zero-order chi connectivity index (χ0) is 19.0. The van der Waals surface area contributed by atoms with Crippen molar-refractivity contribution in [3.63, 3.8) is 0 Å². The predicted octanol–water partition coefficient (Wildman–Crippen LogP) is 1.85. The number of anilines is 3. The number of carbonyl (C=O) groups is 2. The van der Waals surface area contributed by atoms with E-state index in [0.717, 1.165) is 25.2 Å². The van der Waals surface area contributed by atoms with E-state index in [1.807, 2.05) is 31.1 Å². The van der Waals surface area contributed by atoms with E-state index in [4.69, 9.17) is 0 Å². The zero-order valence-corrected chi connectivity index (χ0v) is 15.4. The zero-order valence-electron chi connectivity index (χ0n) is 15.4. The standard InChI is InChI=1S/C19H22N6O2/c1-23(2)12-16(26)14-6-7-15-18(21-14)25(13-8-10-24(15)11-13)19(27)22-17-5-3-4-9-20-17/h3-7,9,13H,8,10-12H2,1-2H3,(H,20,22,27)/t13-/m0/s1. The van der Waals surface area contributed by atoms with Crippen molar-refractivity contribution in [2.75, 3.05) is 48.8 Å². The summed E-state index contributed by atoms with van der Waals surface area (Å²) in [5.41, 5.74) is 1.27. The van der Waals surface area contributed by atoms with Gasteiger partial charge in [-0.25, -0.2) is 14.8 Å². The third-order valence-corrected chi connectivity index (χ3v) is 4.82. The molecule has 0 unspecified atom stereocenters. The van der Waals surface area contributed by atoms with Gasteiger partial charge in [0.25, 0.3) is 0 Å². The molecule has 140 valence electrons. The van der Waals surface area contributed by atoms with Crippen LogP contribution in [0, 0.1) is 0 Å². The summed E-state index contributed by atoms with van der Waals surface area (Å²) >= 11 is 0. The fourth-order valence-electron chi connectivity index (χ4n) is 3.60. The number of aromatic nitrogens is 2. The summed E-state index contributed by atoms with van der Waals surface area (Å²) in [5.74, 6) is 0.965. The number of Topliss-reactive ketones (excluding diaryl/α,β-unsaturated/α-hetero) is 1. The number of likely N-dealkylation sites (N-methyl/N-ethyl adjacent to an activating group) is 1. The molecule has 2 amide bonds. The topological polar surface area (TPSA) is 81.7 Å². The molecule has 0 aliphatic carbocycles. The van der Waals surface area contributed by atoms with Crippen LogP contribution < -0.4 is 15.1 Å². The van der Waals surface area contributed by atoms with Gasteiger partial charge in [-0.05, 0) is 44.8 Å². The second-order valence-electron chi connectivity index (χ2n) is 7.10. The summed E-state index contributed by atoms with van der Waals surface area (Å²) in [6.45, 7) is 1.92. The fourth-order valence-corrected chi connectivity index (χ4v) is 3.60. The Hall–Kier alpha value is -3.00. The van der Waals surface area contributed by atoms with Crippen LogP contribution in [0.3, 0.4) is 0 Å². The van der Waals surface area contributed by atoms with Crippen molar-refractivity contribution in [1.82, 2.24) is 14.9 Å². The number of hydrogen-bond donors (Lipinski definition) is 1. The van der Waals surface area contributed by atoms with E-state index in [2.05, 4.69) is 20.2 Å². The molecule has 4 heterocycles. The van der Waals surface area contributed by atoms with Crippen LogP contribution >= 0.6 is 0 Å². The first-order valence-electron chi connectivity index (χ1n) is 8.98. The van der Waals surface area contributed by atoms with Crippen molar-refractivity contribution >= 4 is 29.1 Å². The Bertz CT molecular complexity index is 870. The van der Waals surface area contributed by atoms with Gasteiger partial charge in [0.1, 0.15) is 11.5 Å². The number of rotatable bonds is 4. The quantitative estimate of drug-likeness (QED) is 0.832. The smallest absolute Gasteiger partial charge is 0.329 e. The highest BCUT2D eigenvalue weighted by Crippen LogP contribution is 2.39. The monoisotopic (exact) mass is 366 g/mol. The number of nitrogens with one attached hydrogen (secondary N) is 1. The molecule has 1 N–H and O–H groups in total. The lowest BCUT2D eigenvalue weighted by molar-refractivity contribution is 0.0953. The summed E-state index contributed by atoms with van der Waals surface area (Å²) in [6, 6.07) is 8.77. The van der Waals surface area contributed by atoms with Gasteiger partial charge in [0.05, 0.1) is 18.3 Å². The number of hydrogen-bond acceptors (Lipinski definition) is 6. The molecule has 2 aromatic rings. The number of ketones is 1. The first-order chi connectivity index (χ1) is 13.0. The first-order valence-corrected chi connectivity index (χ1v) is 8.98. The molecule has 2 aromatic heterocycles. The maximum absolute atomic E-state index is 13.0.